The van der Waals surface area contributed by atoms with Crippen LogP contribution in [0.3, 0.4) is 0 Å². The van der Waals surface area contributed by atoms with Gasteiger partial charge in [-0.25, -0.2) is 0 Å². The molecule has 0 rings (SSSR count). The van der Waals surface area contributed by atoms with E-state index in [1.165, 1.54) is 0 Å². The first-order valence-corrected chi connectivity index (χ1v) is 5.15. The molecule has 0 heterocycles. The zero-order valence-corrected chi connectivity index (χ0v) is 7.54. The first-order chi connectivity index (χ1) is 3.71. The molecular weight excluding hydrogens is 136 g/mol. The van der Waals surface area contributed by atoms with E-state index in [0.717, 1.165) is 0 Å². The lowest BCUT2D eigenvalue weighted by molar-refractivity contribution is 0.146. The lowest BCUT2D eigenvalue weighted by atomic mass is 10.2. The van der Waals surface area contributed by atoms with Crippen LogP contribution in [0.15, 0.2) is 0 Å². The summed E-state index contributed by atoms with van der Waals surface area (Å²) in [6, 6.07) is 0. The largest absolute Gasteiger partial charge is 0.212 e. The molecule has 0 spiro atoms. The molecule has 0 bridgehead atoms. The second kappa shape index (κ2) is 2.39. The number of hydrogen-bond donors (Lipinski definition) is 0. The smallest absolute Gasteiger partial charge is 0.168 e. The third kappa shape index (κ3) is 8.11. The second-order valence-electron chi connectivity index (χ2n) is 3.34. The van der Waals surface area contributed by atoms with Crippen molar-refractivity contribution in [3.8, 4) is 0 Å². The molecule has 0 fully saturated rings. The Labute approximate surface area is 58.2 Å². The Kier molecular flexibility index (Phi) is 2.41. The van der Waals surface area contributed by atoms with E-state index in [0.29, 0.717) is 0 Å². The fraction of sp³-hybridized carbons (Fsp3) is 1.00. The Bertz CT molecular complexity index is 128. The van der Waals surface area contributed by atoms with Gasteiger partial charge in [0.2, 0.25) is 10.2 Å². The molecule has 56 valence electrons. The second-order valence-corrected chi connectivity index (χ2v) is 5.79. The zero-order valence-electron chi connectivity index (χ0n) is 6.72. The molecule has 9 heavy (non-hydrogen) atoms. The van der Waals surface area contributed by atoms with Crippen LogP contribution in [0, 0.1) is 0 Å². The Morgan fingerprint density at radius 1 is 1.22 bits per heavy atom. The average Bonchev–Trinajstić information content (AvgIpc) is 1.14. The summed E-state index contributed by atoms with van der Waals surface area (Å²) in [6.45, 7) is 5.67. The van der Waals surface area contributed by atoms with Gasteiger partial charge in [-0.2, -0.15) is 4.18 Å². The fourth-order valence-corrected chi connectivity index (χ4v) is 1.81. The summed E-state index contributed by atoms with van der Waals surface area (Å²) in [6.07, 6.45) is 3.19. The van der Waals surface area contributed by atoms with Crippen molar-refractivity contribution in [2.45, 2.75) is 26.4 Å². The summed E-state index contributed by atoms with van der Waals surface area (Å²) in [7, 11) is -2.03. The molecule has 0 aliphatic heterocycles. The first-order valence-electron chi connectivity index (χ1n) is 2.85. The van der Waals surface area contributed by atoms with Crippen molar-refractivity contribution in [2.24, 2.45) is 0 Å². The Hall–Kier alpha value is 0.110. The molecule has 0 saturated carbocycles. The Morgan fingerprint density at radius 2 is 1.56 bits per heavy atom. The average molecular weight is 151 g/mol. The molecule has 0 saturated heterocycles. The maximum absolute atomic E-state index is 11.0. The highest BCUT2D eigenvalue weighted by atomic mass is 32.3. The van der Waals surface area contributed by atoms with Crippen molar-refractivity contribution < 1.29 is 8.39 Å². The molecule has 0 aliphatic carbocycles. The van der Waals surface area contributed by atoms with E-state index in [2.05, 4.69) is 0 Å². The first kappa shape index (κ1) is 9.11. The molecule has 0 N–H and O–H groups in total. The molecule has 2 nitrogen and oxygen atoms in total. The van der Waals surface area contributed by atoms with Gasteiger partial charge < -0.3 is 0 Å². The van der Waals surface area contributed by atoms with Gasteiger partial charge in [-0.1, -0.05) is 4.21 Å². The molecule has 0 amide bonds. The van der Waals surface area contributed by atoms with E-state index in [-0.39, 0.29) is 5.60 Å². The van der Waals surface area contributed by atoms with Crippen LogP contribution in [0.25, 0.3) is 0 Å². The lowest BCUT2D eigenvalue weighted by Crippen LogP contribution is -2.26. The van der Waals surface area contributed by atoms with Gasteiger partial charge in [-0.05, 0) is 20.8 Å². The molecule has 0 aromatic rings. The minimum Gasteiger partial charge on any atom is -0.168 e. The van der Waals surface area contributed by atoms with Crippen LogP contribution in [0.4, 0.5) is 0 Å². The summed E-state index contributed by atoms with van der Waals surface area (Å²) in [5, 5.41) is 0. The van der Waals surface area contributed by atoms with E-state index < -0.39 is 10.2 Å². The van der Waals surface area contributed by atoms with E-state index >= 15 is 0 Å². The van der Waals surface area contributed by atoms with Gasteiger partial charge in [0.15, 0.2) is 0 Å². The topological polar surface area (TPSA) is 26.3 Å². The predicted molar refractivity (Wildman–Crippen MR) is 40.7 cm³/mol. The standard InChI is InChI=1S/C6H15O2S/c1-6(2,3)8-9(4,5)7/h1-5H3/q+1. The van der Waals surface area contributed by atoms with Gasteiger partial charge >= 0.3 is 0 Å². The molecule has 0 aromatic carbocycles. The van der Waals surface area contributed by atoms with Crippen molar-refractivity contribution >= 4 is 10.2 Å². The highest BCUT2D eigenvalue weighted by molar-refractivity contribution is 7.97. The SMILES string of the molecule is CC(C)(C)O[S+](C)(C)=O. The molecular formula is C6H15O2S+. The maximum atomic E-state index is 11.0. The van der Waals surface area contributed by atoms with Crippen LogP contribution in [-0.4, -0.2) is 18.1 Å². The minimum atomic E-state index is -2.03. The fourth-order valence-electron chi connectivity index (χ4n) is 0.602. The highest BCUT2D eigenvalue weighted by Crippen LogP contribution is 2.13. The Balaban J connectivity index is 3.90. The summed E-state index contributed by atoms with van der Waals surface area (Å²) in [5.41, 5.74) is -0.291. The quantitative estimate of drug-likeness (QED) is 0.530. The third-order valence-electron chi connectivity index (χ3n) is 0.451. The van der Waals surface area contributed by atoms with Crippen LogP contribution in [0.1, 0.15) is 20.8 Å². The van der Waals surface area contributed by atoms with Crippen molar-refractivity contribution in [3.63, 3.8) is 0 Å². The van der Waals surface area contributed by atoms with Crippen LogP contribution < -0.4 is 0 Å². The Morgan fingerprint density at radius 3 is 1.56 bits per heavy atom. The molecule has 0 unspecified atom stereocenters. The summed E-state index contributed by atoms with van der Waals surface area (Å²) in [5.74, 6) is 0. The van der Waals surface area contributed by atoms with Gasteiger partial charge in [-0.15, -0.1) is 0 Å². The molecule has 0 radical (unpaired) electrons. The third-order valence-corrected chi connectivity index (χ3v) is 1.35. The van der Waals surface area contributed by atoms with Gasteiger partial charge in [0, 0.05) is 0 Å². The summed E-state index contributed by atoms with van der Waals surface area (Å²) < 4.78 is 16.1. The van der Waals surface area contributed by atoms with Crippen molar-refractivity contribution in [3.05, 3.63) is 0 Å². The van der Waals surface area contributed by atoms with E-state index in [9.17, 15) is 4.21 Å². The van der Waals surface area contributed by atoms with E-state index in [1.807, 2.05) is 20.8 Å². The van der Waals surface area contributed by atoms with Crippen LogP contribution in [0.5, 0.6) is 0 Å². The van der Waals surface area contributed by atoms with Crippen molar-refractivity contribution in [1.29, 1.82) is 0 Å². The summed E-state index contributed by atoms with van der Waals surface area (Å²) >= 11 is 0. The van der Waals surface area contributed by atoms with Gasteiger partial charge in [-0.3, -0.25) is 0 Å². The van der Waals surface area contributed by atoms with Crippen molar-refractivity contribution in [2.75, 3.05) is 12.5 Å². The maximum Gasteiger partial charge on any atom is 0.212 e. The van der Waals surface area contributed by atoms with Crippen LogP contribution in [-0.2, 0) is 18.6 Å². The summed E-state index contributed by atoms with van der Waals surface area (Å²) in [4.78, 5) is 0. The zero-order chi connectivity index (χ0) is 7.71. The molecule has 0 atom stereocenters. The van der Waals surface area contributed by atoms with Gasteiger partial charge in [0.25, 0.3) is 0 Å². The highest BCUT2D eigenvalue weighted by Gasteiger charge is 2.24. The molecule has 0 aliphatic rings. The normalized spacial score (nSPS) is 13.9. The van der Waals surface area contributed by atoms with Gasteiger partial charge in [0.1, 0.15) is 18.1 Å². The number of rotatable bonds is 1. The van der Waals surface area contributed by atoms with E-state index in [1.54, 1.807) is 12.5 Å². The lowest BCUT2D eigenvalue weighted by Gasteiger charge is -2.15. The van der Waals surface area contributed by atoms with Crippen molar-refractivity contribution in [1.82, 2.24) is 0 Å². The van der Waals surface area contributed by atoms with Crippen LogP contribution in [0.2, 0.25) is 0 Å². The minimum absolute atomic E-state index is 0.291. The van der Waals surface area contributed by atoms with Gasteiger partial charge in [0.05, 0.1) is 0 Å². The predicted octanol–water partition coefficient (Wildman–Crippen LogP) is 1.48. The molecule has 3 heteroatoms. The molecule has 0 aromatic heterocycles. The van der Waals surface area contributed by atoms with E-state index in [4.69, 9.17) is 4.18 Å². The monoisotopic (exact) mass is 151 g/mol. The number of hydrogen-bond acceptors (Lipinski definition) is 2. The van der Waals surface area contributed by atoms with Crippen LogP contribution >= 0.6 is 0 Å².